The van der Waals surface area contributed by atoms with Gasteiger partial charge in [-0.25, -0.2) is 21.6 Å². The molecule has 64 heavy (non-hydrogen) atoms. The number of sulfone groups is 1. The summed E-state index contributed by atoms with van der Waals surface area (Å²) in [6.07, 6.45) is 3.69. The lowest BCUT2D eigenvalue weighted by molar-refractivity contribution is -0.0435. The standard InChI is InChI=1S/C46H53ClF3N5O6S3/c1-33-7-17-42(34-8-12-37(47)13-9-34)36(29-33)31-54-21-23-55(24-22-54)39-14-10-35(11-15-39)45(56)52-64(59,60)41-16-18-43(44(30-41)63(57,58)46(48,49)50)51-38(19-20-53-25-27-61-28-26-53)32-62-40-5-3-2-4-6-40/h2-6,8-16,18,30,33,38,51H,7,17,19-29,31-32H2,1H3,(H,52,56)/t33?,38-/m1/s1. The molecule has 1 aliphatic carbocycles. The minimum atomic E-state index is -6.05. The number of thioether (sulfide) groups is 1. The smallest absolute Gasteiger partial charge is 0.380 e. The summed E-state index contributed by atoms with van der Waals surface area (Å²) in [6, 6.07) is 25.8. The first kappa shape index (κ1) is 47.9. The molecule has 7 rings (SSSR count). The van der Waals surface area contributed by atoms with E-state index in [2.05, 4.69) is 39.1 Å². The zero-order valence-corrected chi connectivity index (χ0v) is 38.7. The Morgan fingerprint density at radius 1 is 0.875 bits per heavy atom. The largest absolute Gasteiger partial charge is 0.501 e. The van der Waals surface area contributed by atoms with Gasteiger partial charge in [0.2, 0.25) is 0 Å². The van der Waals surface area contributed by atoms with E-state index in [0.717, 1.165) is 74.7 Å². The van der Waals surface area contributed by atoms with Gasteiger partial charge in [0.1, 0.15) is 4.90 Å². The van der Waals surface area contributed by atoms with Gasteiger partial charge in [-0.1, -0.05) is 54.4 Å². The van der Waals surface area contributed by atoms with Crippen molar-refractivity contribution < 1.29 is 39.5 Å². The lowest BCUT2D eigenvalue weighted by Gasteiger charge is -2.38. The van der Waals surface area contributed by atoms with Gasteiger partial charge in [-0.15, -0.1) is 11.8 Å². The summed E-state index contributed by atoms with van der Waals surface area (Å²) in [5, 5.41) is 3.71. The van der Waals surface area contributed by atoms with E-state index in [1.165, 1.54) is 40.6 Å². The molecule has 18 heteroatoms. The fourth-order valence-electron chi connectivity index (χ4n) is 8.30. The molecule has 4 aromatic carbocycles. The molecular weight excluding hydrogens is 907 g/mol. The number of ether oxygens (including phenoxy) is 1. The molecule has 1 unspecified atom stereocenters. The third-order valence-electron chi connectivity index (χ3n) is 11.9. The molecule has 2 heterocycles. The number of hydrogen-bond donors (Lipinski definition) is 2. The maximum Gasteiger partial charge on any atom is 0.501 e. The predicted octanol–water partition coefficient (Wildman–Crippen LogP) is 8.44. The molecule has 0 bridgehead atoms. The van der Waals surface area contributed by atoms with Crippen LogP contribution in [0.2, 0.25) is 5.02 Å². The van der Waals surface area contributed by atoms with E-state index in [-0.39, 0.29) is 5.56 Å². The first-order valence-corrected chi connectivity index (χ1v) is 25.7. The number of nitrogens with zero attached hydrogens (tertiary/aromatic N) is 3. The highest BCUT2D eigenvalue weighted by Crippen LogP contribution is 2.38. The number of nitrogens with one attached hydrogen (secondary N) is 2. The first-order valence-electron chi connectivity index (χ1n) is 21.4. The first-order chi connectivity index (χ1) is 30.6. The van der Waals surface area contributed by atoms with Gasteiger partial charge in [-0.2, -0.15) is 13.2 Å². The molecule has 0 radical (unpaired) electrons. The molecule has 3 aliphatic rings. The summed E-state index contributed by atoms with van der Waals surface area (Å²) < 4.78 is 103. The van der Waals surface area contributed by atoms with Crippen molar-refractivity contribution in [2.75, 3.05) is 81.5 Å². The van der Waals surface area contributed by atoms with Crippen LogP contribution in [0.15, 0.2) is 117 Å². The number of alkyl halides is 3. The normalized spacial score (nSPS) is 18.8. The molecule has 2 aliphatic heterocycles. The predicted molar refractivity (Wildman–Crippen MR) is 247 cm³/mol. The Morgan fingerprint density at radius 2 is 1.56 bits per heavy atom. The number of benzene rings is 4. The molecule has 2 fully saturated rings. The van der Waals surface area contributed by atoms with Gasteiger partial charge in [-0.05, 0) is 109 Å². The summed E-state index contributed by atoms with van der Waals surface area (Å²) in [4.78, 5) is 19.0. The summed E-state index contributed by atoms with van der Waals surface area (Å²) >= 11 is 7.62. The average Bonchev–Trinajstić information content (AvgIpc) is 3.28. The van der Waals surface area contributed by atoms with E-state index in [4.69, 9.17) is 16.3 Å². The third-order valence-corrected chi connectivity index (χ3v) is 16.2. The minimum absolute atomic E-state index is 0.000468. The Kier molecular flexibility index (Phi) is 15.7. The molecule has 2 saturated heterocycles. The van der Waals surface area contributed by atoms with E-state index in [1.807, 2.05) is 47.2 Å². The van der Waals surface area contributed by atoms with Crippen LogP contribution in [0.3, 0.4) is 0 Å². The highest BCUT2D eigenvalue weighted by atomic mass is 35.5. The van der Waals surface area contributed by atoms with Crippen molar-refractivity contribution in [1.29, 1.82) is 0 Å². The van der Waals surface area contributed by atoms with Gasteiger partial charge in [0, 0.05) is 85.3 Å². The second-order valence-corrected chi connectivity index (χ2v) is 21.6. The molecule has 1 amide bonds. The van der Waals surface area contributed by atoms with Crippen molar-refractivity contribution in [2.24, 2.45) is 5.92 Å². The Labute approximate surface area is 383 Å². The molecule has 344 valence electrons. The molecule has 2 N–H and O–H groups in total. The minimum Gasteiger partial charge on any atom is -0.380 e. The quantitative estimate of drug-likeness (QED) is 0.105. The number of carbonyl (C=O) groups excluding carboxylic acids is 1. The average molecular weight is 961 g/mol. The number of allylic oxidation sites excluding steroid dienone is 1. The summed E-state index contributed by atoms with van der Waals surface area (Å²) in [5.74, 6) is -0.0330. The zero-order valence-electron chi connectivity index (χ0n) is 35.5. The lowest BCUT2D eigenvalue weighted by Crippen LogP contribution is -2.47. The highest BCUT2D eigenvalue weighted by molar-refractivity contribution is 7.99. The SMILES string of the molecule is CC1CCC(c2ccc(Cl)cc2)=C(CN2CCN(c3ccc(C(=O)NS(=O)(=O)c4ccc(N[C@H](CCN5CCOCC5)CSc5ccccc5)c(S(=O)(=O)C(F)(F)F)c4)cc3)CC2)C1. The molecule has 0 saturated carbocycles. The van der Waals surface area contributed by atoms with Crippen LogP contribution in [0.1, 0.15) is 48.5 Å². The Balaban J connectivity index is 1.02. The van der Waals surface area contributed by atoms with Crippen LogP contribution in [0.5, 0.6) is 0 Å². The van der Waals surface area contributed by atoms with Crippen molar-refractivity contribution in [3.8, 4) is 0 Å². The van der Waals surface area contributed by atoms with E-state index >= 15 is 0 Å². The van der Waals surface area contributed by atoms with Gasteiger partial charge in [-0.3, -0.25) is 14.6 Å². The van der Waals surface area contributed by atoms with Gasteiger partial charge in [0.05, 0.1) is 23.8 Å². The van der Waals surface area contributed by atoms with Crippen LogP contribution in [0, 0.1) is 5.92 Å². The van der Waals surface area contributed by atoms with Crippen molar-refractivity contribution in [3.05, 3.63) is 119 Å². The zero-order chi connectivity index (χ0) is 45.5. The van der Waals surface area contributed by atoms with E-state index in [1.54, 1.807) is 12.1 Å². The van der Waals surface area contributed by atoms with E-state index in [0.29, 0.717) is 62.0 Å². The maximum atomic E-state index is 14.2. The van der Waals surface area contributed by atoms with Crippen LogP contribution in [-0.2, 0) is 24.6 Å². The molecule has 11 nitrogen and oxygen atoms in total. The number of halogens is 4. The van der Waals surface area contributed by atoms with Crippen molar-refractivity contribution >= 4 is 66.1 Å². The number of piperazine rings is 1. The topological polar surface area (TPSA) is 128 Å². The number of anilines is 2. The molecular formula is C46H53ClF3N5O6S3. The van der Waals surface area contributed by atoms with Crippen molar-refractivity contribution in [1.82, 2.24) is 14.5 Å². The molecule has 0 spiro atoms. The van der Waals surface area contributed by atoms with Crippen molar-refractivity contribution in [2.45, 2.75) is 58.8 Å². The summed E-state index contributed by atoms with van der Waals surface area (Å²) in [7, 11) is -10.9. The Morgan fingerprint density at radius 3 is 2.23 bits per heavy atom. The van der Waals surface area contributed by atoms with Gasteiger partial charge in [0.25, 0.3) is 25.8 Å². The van der Waals surface area contributed by atoms with E-state index in [9.17, 15) is 34.8 Å². The van der Waals surface area contributed by atoms with Crippen molar-refractivity contribution in [3.63, 3.8) is 0 Å². The maximum absolute atomic E-state index is 14.2. The Hall–Kier alpha value is -4.10. The number of morpholine rings is 1. The Bertz CT molecular complexity index is 2480. The van der Waals surface area contributed by atoms with Gasteiger partial charge < -0.3 is 15.0 Å². The molecule has 2 atom stereocenters. The number of carbonyl (C=O) groups is 1. The molecule has 0 aromatic heterocycles. The van der Waals surface area contributed by atoms with E-state index < -0.39 is 52.8 Å². The lowest BCUT2D eigenvalue weighted by atomic mass is 9.82. The molecule has 4 aromatic rings. The number of hydrogen-bond acceptors (Lipinski definition) is 11. The number of sulfonamides is 1. The fourth-order valence-corrected chi connectivity index (χ4v) is 11.4. The van der Waals surface area contributed by atoms with Crippen LogP contribution >= 0.6 is 23.4 Å². The van der Waals surface area contributed by atoms with Gasteiger partial charge in [0.15, 0.2) is 0 Å². The van der Waals surface area contributed by atoms with Crippen LogP contribution in [0.25, 0.3) is 5.57 Å². The third kappa shape index (κ3) is 12.2. The fraction of sp³-hybridized carbons (Fsp3) is 0.413. The van der Waals surface area contributed by atoms with Gasteiger partial charge >= 0.3 is 5.51 Å². The second kappa shape index (κ2) is 21.0. The van der Waals surface area contributed by atoms with Crippen LogP contribution in [0.4, 0.5) is 24.5 Å². The summed E-state index contributed by atoms with van der Waals surface area (Å²) in [5.41, 5.74) is -1.20. The number of rotatable bonds is 16. The second-order valence-electron chi connectivity index (χ2n) is 16.5. The highest BCUT2D eigenvalue weighted by Gasteiger charge is 2.48. The van der Waals surface area contributed by atoms with Crippen LogP contribution < -0.4 is 14.9 Å². The summed E-state index contributed by atoms with van der Waals surface area (Å²) in [6.45, 7) is 9.35. The van der Waals surface area contributed by atoms with Crippen LogP contribution in [-0.4, -0.2) is 115 Å². The monoisotopic (exact) mass is 959 g/mol. The number of amides is 1.